The average Bonchev–Trinajstić information content (AvgIpc) is 2.37. The highest BCUT2D eigenvalue weighted by Gasteiger charge is 2.29. The molecule has 4 heteroatoms. The lowest BCUT2D eigenvalue weighted by atomic mass is 9.98. The quantitative estimate of drug-likeness (QED) is 0.755. The molecule has 0 aromatic carbocycles. The van der Waals surface area contributed by atoms with Gasteiger partial charge in [0.1, 0.15) is 0 Å². The summed E-state index contributed by atoms with van der Waals surface area (Å²) in [5.74, 6) is 0.503. The Morgan fingerprint density at radius 3 is 2.72 bits per heavy atom. The smallest absolute Gasteiger partial charge is 0.237 e. The summed E-state index contributed by atoms with van der Waals surface area (Å²) in [6.07, 6.45) is 3.94. The van der Waals surface area contributed by atoms with Crippen molar-refractivity contribution in [3.63, 3.8) is 0 Å². The number of nitrogens with zero attached hydrogens (tertiary/aromatic N) is 1. The Hall–Kier alpha value is -0.610. The van der Waals surface area contributed by atoms with Crippen molar-refractivity contribution in [3.05, 3.63) is 0 Å². The van der Waals surface area contributed by atoms with Gasteiger partial charge in [-0.05, 0) is 38.3 Å². The van der Waals surface area contributed by atoms with E-state index in [1.165, 1.54) is 6.42 Å². The van der Waals surface area contributed by atoms with E-state index in [-0.39, 0.29) is 24.6 Å². The van der Waals surface area contributed by atoms with Crippen LogP contribution in [0.1, 0.15) is 46.5 Å². The van der Waals surface area contributed by atoms with E-state index in [0.717, 1.165) is 25.9 Å². The van der Waals surface area contributed by atoms with Crippen molar-refractivity contribution in [2.24, 2.45) is 5.92 Å². The fourth-order valence-corrected chi connectivity index (χ4v) is 2.66. The second-order valence-electron chi connectivity index (χ2n) is 5.51. The summed E-state index contributed by atoms with van der Waals surface area (Å²) >= 11 is 0. The van der Waals surface area contributed by atoms with Crippen molar-refractivity contribution in [1.82, 2.24) is 10.2 Å². The maximum Gasteiger partial charge on any atom is 0.237 e. The summed E-state index contributed by atoms with van der Waals surface area (Å²) in [7, 11) is 0. The zero-order chi connectivity index (χ0) is 13.5. The van der Waals surface area contributed by atoms with E-state index in [1.54, 1.807) is 0 Å². The number of aliphatic hydroxyl groups is 1. The monoisotopic (exact) mass is 256 g/mol. The van der Waals surface area contributed by atoms with Crippen LogP contribution in [0, 0.1) is 5.92 Å². The van der Waals surface area contributed by atoms with Crippen LogP contribution in [0.25, 0.3) is 0 Å². The molecule has 1 heterocycles. The minimum absolute atomic E-state index is 0.0312. The summed E-state index contributed by atoms with van der Waals surface area (Å²) < 4.78 is 0. The van der Waals surface area contributed by atoms with Crippen LogP contribution < -0.4 is 5.32 Å². The number of amides is 1. The highest BCUT2D eigenvalue weighted by atomic mass is 16.3. The first-order chi connectivity index (χ1) is 8.60. The minimum Gasteiger partial charge on any atom is -0.396 e. The van der Waals surface area contributed by atoms with Crippen LogP contribution in [0.4, 0.5) is 0 Å². The number of aliphatic hydroxyl groups excluding tert-OH is 1. The zero-order valence-electron chi connectivity index (χ0n) is 12.0. The van der Waals surface area contributed by atoms with E-state index in [9.17, 15) is 4.79 Å². The van der Waals surface area contributed by atoms with Gasteiger partial charge in [-0.1, -0.05) is 27.2 Å². The van der Waals surface area contributed by atoms with Crippen LogP contribution in [0.3, 0.4) is 0 Å². The molecule has 4 nitrogen and oxygen atoms in total. The molecule has 2 N–H and O–H groups in total. The SMILES string of the molecule is CCN1CCCCC1C(=O)NC(CCO)C(C)C. The molecule has 0 aromatic heterocycles. The number of hydrogen-bond donors (Lipinski definition) is 2. The standard InChI is InChI=1S/C14H28N2O2/c1-4-16-9-6-5-7-13(16)14(18)15-12(8-10-17)11(2)3/h11-13,17H,4-10H2,1-3H3,(H,15,18). The summed E-state index contributed by atoms with van der Waals surface area (Å²) in [4.78, 5) is 14.6. The maximum absolute atomic E-state index is 12.3. The molecule has 0 aliphatic carbocycles. The van der Waals surface area contributed by atoms with Gasteiger partial charge in [0.25, 0.3) is 0 Å². The van der Waals surface area contributed by atoms with Crippen LogP contribution in [-0.4, -0.2) is 47.7 Å². The molecule has 1 amide bonds. The van der Waals surface area contributed by atoms with E-state index in [1.807, 2.05) is 0 Å². The number of nitrogens with one attached hydrogen (secondary N) is 1. The van der Waals surface area contributed by atoms with Crippen molar-refractivity contribution in [3.8, 4) is 0 Å². The molecule has 0 aromatic rings. The third-order valence-electron chi connectivity index (χ3n) is 3.89. The molecule has 0 spiro atoms. The molecular formula is C14H28N2O2. The Morgan fingerprint density at radius 2 is 2.17 bits per heavy atom. The van der Waals surface area contributed by atoms with E-state index >= 15 is 0 Å². The number of likely N-dealkylation sites (tertiary alicyclic amines) is 1. The van der Waals surface area contributed by atoms with Crippen molar-refractivity contribution in [2.45, 2.75) is 58.5 Å². The number of hydrogen-bond acceptors (Lipinski definition) is 3. The van der Waals surface area contributed by atoms with Crippen LogP contribution in [0.5, 0.6) is 0 Å². The number of carbonyl (C=O) groups excluding carboxylic acids is 1. The fourth-order valence-electron chi connectivity index (χ4n) is 2.66. The van der Waals surface area contributed by atoms with E-state index < -0.39 is 0 Å². The predicted octanol–water partition coefficient (Wildman–Crippen LogP) is 1.38. The molecule has 0 saturated carbocycles. The lowest BCUT2D eigenvalue weighted by Gasteiger charge is -2.35. The normalized spacial score (nSPS) is 23.1. The van der Waals surface area contributed by atoms with E-state index in [0.29, 0.717) is 12.3 Å². The second-order valence-corrected chi connectivity index (χ2v) is 5.51. The molecule has 1 saturated heterocycles. The van der Waals surface area contributed by atoms with Gasteiger partial charge in [0.2, 0.25) is 5.91 Å². The minimum atomic E-state index is 0.0312. The largest absolute Gasteiger partial charge is 0.396 e. The average molecular weight is 256 g/mol. The molecule has 1 fully saturated rings. The van der Waals surface area contributed by atoms with Crippen LogP contribution in [0.15, 0.2) is 0 Å². The van der Waals surface area contributed by atoms with Gasteiger partial charge in [0, 0.05) is 12.6 Å². The molecule has 2 atom stereocenters. The Kier molecular flexibility index (Phi) is 6.65. The van der Waals surface area contributed by atoms with Gasteiger partial charge in [-0.2, -0.15) is 0 Å². The van der Waals surface area contributed by atoms with Crippen LogP contribution in [0.2, 0.25) is 0 Å². The first-order valence-corrected chi connectivity index (χ1v) is 7.25. The molecule has 1 aliphatic rings. The molecule has 0 radical (unpaired) electrons. The number of likely N-dealkylation sites (N-methyl/N-ethyl adjacent to an activating group) is 1. The molecule has 0 bridgehead atoms. The number of piperidine rings is 1. The zero-order valence-corrected chi connectivity index (χ0v) is 12.0. The fraction of sp³-hybridized carbons (Fsp3) is 0.929. The second kappa shape index (κ2) is 7.74. The molecule has 18 heavy (non-hydrogen) atoms. The van der Waals surface area contributed by atoms with Crippen molar-refractivity contribution < 1.29 is 9.90 Å². The van der Waals surface area contributed by atoms with Crippen molar-refractivity contribution >= 4 is 5.91 Å². The molecule has 1 rings (SSSR count). The Balaban J connectivity index is 2.56. The molecular weight excluding hydrogens is 228 g/mol. The Bertz CT molecular complexity index is 256. The third kappa shape index (κ3) is 4.25. The van der Waals surface area contributed by atoms with Crippen LogP contribution in [-0.2, 0) is 4.79 Å². The van der Waals surface area contributed by atoms with Gasteiger partial charge in [0.15, 0.2) is 0 Å². The number of carbonyl (C=O) groups is 1. The Labute approximate surface area is 111 Å². The van der Waals surface area contributed by atoms with Gasteiger partial charge in [-0.15, -0.1) is 0 Å². The predicted molar refractivity (Wildman–Crippen MR) is 73.4 cm³/mol. The topological polar surface area (TPSA) is 52.6 Å². The Morgan fingerprint density at radius 1 is 1.44 bits per heavy atom. The maximum atomic E-state index is 12.3. The first-order valence-electron chi connectivity index (χ1n) is 7.25. The van der Waals surface area contributed by atoms with Crippen molar-refractivity contribution in [2.75, 3.05) is 19.7 Å². The lowest BCUT2D eigenvalue weighted by Crippen LogP contribution is -2.52. The molecule has 106 valence electrons. The van der Waals surface area contributed by atoms with Gasteiger partial charge in [-0.3, -0.25) is 9.69 Å². The van der Waals surface area contributed by atoms with Crippen molar-refractivity contribution in [1.29, 1.82) is 0 Å². The van der Waals surface area contributed by atoms with Crippen LogP contribution >= 0.6 is 0 Å². The highest BCUT2D eigenvalue weighted by Crippen LogP contribution is 2.17. The summed E-state index contributed by atoms with van der Waals surface area (Å²) in [5, 5.41) is 12.2. The van der Waals surface area contributed by atoms with Gasteiger partial charge in [0.05, 0.1) is 6.04 Å². The van der Waals surface area contributed by atoms with Gasteiger partial charge in [-0.25, -0.2) is 0 Å². The number of rotatable bonds is 6. The van der Waals surface area contributed by atoms with E-state index in [2.05, 4.69) is 31.0 Å². The first kappa shape index (κ1) is 15.4. The summed E-state index contributed by atoms with van der Waals surface area (Å²) in [6.45, 7) is 8.37. The lowest BCUT2D eigenvalue weighted by molar-refractivity contribution is -0.128. The summed E-state index contributed by atoms with van der Waals surface area (Å²) in [6, 6.07) is 0.117. The molecule has 1 aliphatic heterocycles. The third-order valence-corrected chi connectivity index (χ3v) is 3.89. The highest BCUT2D eigenvalue weighted by molar-refractivity contribution is 5.82. The van der Waals surface area contributed by atoms with E-state index in [4.69, 9.17) is 5.11 Å². The molecule has 2 unspecified atom stereocenters. The summed E-state index contributed by atoms with van der Waals surface area (Å²) in [5.41, 5.74) is 0. The van der Waals surface area contributed by atoms with Gasteiger partial charge >= 0.3 is 0 Å². The van der Waals surface area contributed by atoms with Gasteiger partial charge < -0.3 is 10.4 Å².